The maximum atomic E-state index is 6.38. The molecule has 0 aliphatic rings. The minimum Gasteiger partial charge on any atom is -0.371 e. The fraction of sp³-hybridized carbons (Fsp3) is 0.474. The minimum absolute atomic E-state index is 0.0277. The summed E-state index contributed by atoms with van der Waals surface area (Å²) in [6.07, 6.45) is 0. The molecule has 0 fully saturated rings. The predicted octanol–water partition coefficient (Wildman–Crippen LogP) is 4.43. The SMILES string of the molecule is CCN(CC(C)(C)C(C)(C)N)c1cccc2ccccc12. The van der Waals surface area contributed by atoms with Crippen LogP contribution in [0.1, 0.15) is 34.6 Å². The molecule has 0 aliphatic carbocycles. The molecule has 0 unspecified atom stereocenters. The molecule has 2 rings (SSSR count). The normalized spacial score (nSPS) is 12.7. The fourth-order valence-electron chi connectivity index (χ4n) is 2.53. The van der Waals surface area contributed by atoms with Crippen LogP contribution in [0.25, 0.3) is 10.8 Å². The quantitative estimate of drug-likeness (QED) is 0.880. The molecule has 2 aromatic rings. The standard InChI is InChI=1S/C19H28N2/c1-6-21(14-18(2,3)19(4,5)20)17-13-9-11-15-10-7-8-12-16(15)17/h7-13H,6,14,20H2,1-5H3. The van der Waals surface area contributed by atoms with Crippen molar-refractivity contribution in [1.29, 1.82) is 0 Å². The molecule has 0 atom stereocenters. The molecule has 0 spiro atoms. The first-order chi connectivity index (χ1) is 9.76. The van der Waals surface area contributed by atoms with E-state index in [9.17, 15) is 0 Å². The van der Waals surface area contributed by atoms with Crippen molar-refractivity contribution < 1.29 is 0 Å². The molecule has 2 aromatic carbocycles. The number of rotatable bonds is 5. The van der Waals surface area contributed by atoms with Crippen LogP contribution in [0.15, 0.2) is 42.5 Å². The molecule has 0 saturated heterocycles. The molecule has 21 heavy (non-hydrogen) atoms. The van der Waals surface area contributed by atoms with Gasteiger partial charge < -0.3 is 10.6 Å². The second-order valence-corrected chi connectivity index (χ2v) is 7.12. The minimum atomic E-state index is -0.217. The number of nitrogens with two attached hydrogens (primary N) is 1. The van der Waals surface area contributed by atoms with E-state index in [4.69, 9.17) is 5.73 Å². The summed E-state index contributed by atoms with van der Waals surface area (Å²) < 4.78 is 0. The third kappa shape index (κ3) is 3.21. The second kappa shape index (κ2) is 5.69. The van der Waals surface area contributed by atoms with Gasteiger partial charge in [0.2, 0.25) is 0 Å². The van der Waals surface area contributed by atoms with Gasteiger partial charge in [0.1, 0.15) is 0 Å². The lowest BCUT2D eigenvalue weighted by molar-refractivity contribution is 0.208. The smallest absolute Gasteiger partial charge is 0.0445 e. The van der Waals surface area contributed by atoms with Gasteiger partial charge in [-0.2, -0.15) is 0 Å². The Morgan fingerprint density at radius 2 is 1.57 bits per heavy atom. The summed E-state index contributed by atoms with van der Waals surface area (Å²) in [5.41, 5.74) is 7.49. The number of hydrogen-bond donors (Lipinski definition) is 1. The average Bonchev–Trinajstić information content (AvgIpc) is 2.43. The first-order valence-corrected chi connectivity index (χ1v) is 7.78. The van der Waals surface area contributed by atoms with E-state index in [0.29, 0.717) is 0 Å². The number of nitrogens with zero attached hydrogens (tertiary/aromatic N) is 1. The second-order valence-electron chi connectivity index (χ2n) is 7.12. The molecule has 0 radical (unpaired) electrons. The van der Waals surface area contributed by atoms with Crippen molar-refractivity contribution in [3.63, 3.8) is 0 Å². The largest absolute Gasteiger partial charge is 0.371 e. The number of benzene rings is 2. The van der Waals surface area contributed by atoms with E-state index in [2.05, 4.69) is 82.0 Å². The third-order valence-corrected chi connectivity index (χ3v) is 4.82. The molecule has 0 heterocycles. The lowest BCUT2D eigenvalue weighted by Crippen LogP contribution is -2.53. The monoisotopic (exact) mass is 284 g/mol. The Kier molecular flexibility index (Phi) is 4.29. The first kappa shape index (κ1) is 15.8. The summed E-state index contributed by atoms with van der Waals surface area (Å²) in [6.45, 7) is 12.9. The van der Waals surface area contributed by atoms with E-state index < -0.39 is 0 Å². The van der Waals surface area contributed by atoms with Crippen LogP contribution in [0.5, 0.6) is 0 Å². The summed E-state index contributed by atoms with van der Waals surface area (Å²) >= 11 is 0. The van der Waals surface area contributed by atoms with Gasteiger partial charge in [-0.05, 0) is 37.6 Å². The van der Waals surface area contributed by atoms with E-state index in [-0.39, 0.29) is 11.0 Å². The van der Waals surface area contributed by atoms with Gasteiger partial charge in [0.15, 0.2) is 0 Å². The van der Waals surface area contributed by atoms with E-state index in [0.717, 1.165) is 13.1 Å². The third-order valence-electron chi connectivity index (χ3n) is 4.82. The maximum absolute atomic E-state index is 6.38. The summed E-state index contributed by atoms with van der Waals surface area (Å²) in [7, 11) is 0. The molecule has 0 aliphatic heterocycles. The molecule has 2 heteroatoms. The summed E-state index contributed by atoms with van der Waals surface area (Å²) in [6, 6.07) is 15.1. The topological polar surface area (TPSA) is 29.3 Å². The van der Waals surface area contributed by atoms with Crippen molar-refractivity contribution in [3.8, 4) is 0 Å². The molecule has 0 aromatic heterocycles. The van der Waals surface area contributed by atoms with Crippen LogP contribution < -0.4 is 10.6 Å². The van der Waals surface area contributed by atoms with Crippen LogP contribution in [0.2, 0.25) is 0 Å². The Labute approximate surface area is 128 Å². The number of hydrogen-bond acceptors (Lipinski definition) is 2. The highest BCUT2D eigenvalue weighted by atomic mass is 15.1. The van der Waals surface area contributed by atoms with Crippen molar-refractivity contribution in [2.24, 2.45) is 11.1 Å². The van der Waals surface area contributed by atoms with Crippen molar-refractivity contribution in [3.05, 3.63) is 42.5 Å². The van der Waals surface area contributed by atoms with Gasteiger partial charge in [-0.3, -0.25) is 0 Å². The van der Waals surface area contributed by atoms with Crippen LogP contribution in [0.4, 0.5) is 5.69 Å². The Hall–Kier alpha value is -1.54. The van der Waals surface area contributed by atoms with Gasteiger partial charge in [-0.1, -0.05) is 50.2 Å². The summed E-state index contributed by atoms with van der Waals surface area (Å²) in [4.78, 5) is 2.44. The zero-order valence-electron chi connectivity index (χ0n) is 14.0. The Morgan fingerprint density at radius 1 is 0.952 bits per heavy atom. The fourth-order valence-corrected chi connectivity index (χ4v) is 2.53. The molecule has 114 valence electrons. The molecule has 0 bridgehead atoms. The molecule has 2 N–H and O–H groups in total. The van der Waals surface area contributed by atoms with Crippen LogP contribution in [0.3, 0.4) is 0 Å². The first-order valence-electron chi connectivity index (χ1n) is 7.78. The van der Waals surface area contributed by atoms with Crippen LogP contribution in [-0.4, -0.2) is 18.6 Å². The molecule has 0 amide bonds. The zero-order chi connectivity index (χ0) is 15.7. The van der Waals surface area contributed by atoms with Gasteiger partial charge in [-0.25, -0.2) is 0 Å². The van der Waals surface area contributed by atoms with Gasteiger partial charge >= 0.3 is 0 Å². The van der Waals surface area contributed by atoms with Gasteiger partial charge in [0.05, 0.1) is 0 Å². The van der Waals surface area contributed by atoms with E-state index >= 15 is 0 Å². The maximum Gasteiger partial charge on any atom is 0.0445 e. The highest BCUT2D eigenvalue weighted by Gasteiger charge is 2.35. The lowest BCUT2D eigenvalue weighted by atomic mass is 9.74. The van der Waals surface area contributed by atoms with Gasteiger partial charge in [0, 0.05) is 29.7 Å². The Bertz CT molecular complexity index is 603. The van der Waals surface area contributed by atoms with Gasteiger partial charge in [0.25, 0.3) is 0 Å². The average molecular weight is 284 g/mol. The van der Waals surface area contributed by atoms with Crippen molar-refractivity contribution in [1.82, 2.24) is 0 Å². The van der Waals surface area contributed by atoms with E-state index in [1.807, 2.05) is 0 Å². The summed E-state index contributed by atoms with van der Waals surface area (Å²) in [5, 5.41) is 2.60. The molecule has 0 saturated carbocycles. The highest BCUT2D eigenvalue weighted by Crippen LogP contribution is 2.33. The lowest BCUT2D eigenvalue weighted by Gasteiger charge is -2.43. The van der Waals surface area contributed by atoms with E-state index in [1.54, 1.807) is 0 Å². The molecule has 2 nitrogen and oxygen atoms in total. The van der Waals surface area contributed by atoms with Crippen molar-refractivity contribution >= 4 is 16.5 Å². The Balaban J connectivity index is 2.41. The molecular weight excluding hydrogens is 256 g/mol. The highest BCUT2D eigenvalue weighted by molar-refractivity contribution is 5.94. The molecular formula is C19H28N2. The van der Waals surface area contributed by atoms with Crippen LogP contribution >= 0.6 is 0 Å². The number of fused-ring (bicyclic) bond motifs is 1. The predicted molar refractivity (Wildman–Crippen MR) is 93.9 cm³/mol. The van der Waals surface area contributed by atoms with Crippen molar-refractivity contribution in [2.45, 2.75) is 40.2 Å². The van der Waals surface area contributed by atoms with Crippen LogP contribution in [0, 0.1) is 5.41 Å². The van der Waals surface area contributed by atoms with Crippen LogP contribution in [-0.2, 0) is 0 Å². The van der Waals surface area contributed by atoms with E-state index in [1.165, 1.54) is 16.5 Å². The van der Waals surface area contributed by atoms with Crippen molar-refractivity contribution in [2.75, 3.05) is 18.0 Å². The summed E-state index contributed by atoms with van der Waals surface area (Å²) in [5.74, 6) is 0. The number of anilines is 1. The van der Waals surface area contributed by atoms with Gasteiger partial charge in [-0.15, -0.1) is 0 Å². The zero-order valence-corrected chi connectivity index (χ0v) is 14.0. The Morgan fingerprint density at radius 3 is 2.19 bits per heavy atom.